The molecule has 24 heavy (non-hydrogen) atoms. The maximum absolute atomic E-state index is 13.8. The molecular formula is C16H14F2N2O4. The van der Waals surface area contributed by atoms with Crippen molar-refractivity contribution in [1.29, 1.82) is 0 Å². The van der Waals surface area contributed by atoms with Crippen molar-refractivity contribution in [1.82, 2.24) is 9.88 Å². The first-order valence-electron chi connectivity index (χ1n) is 7.42. The van der Waals surface area contributed by atoms with Crippen molar-refractivity contribution in [2.24, 2.45) is 0 Å². The summed E-state index contributed by atoms with van der Waals surface area (Å²) in [5.41, 5.74) is -0.647. The maximum atomic E-state index is 13.8. The summed E-state index contributed by atoms with van der Waals surface area (Å²) in [6, 6.07) is 2.37. The second-order valence-electron chi connectivity index (χ2n) is 5.48. The molecule has 0 bridgehead atoms. The Morgan fingerprint density at radius 1 is 1.25 bits per heavy atom. The third kappa shape index (κ3) is 2.86. The number of aliphatic carboxylic acids is 1. The molecular weight excluding hydrogens is 322 g/mol. The largest absolute Gasteiger partial charge is 0.480 e. The van der Waals surface area contributed by atoms with Gasteiger partial charge in [-0.1, -0.05) is 6.07 Å². The van der Waals surface area contributed by atoms with Gasteiger partial charge in [-0.3, -0.25) is 4.79 Å². The van der Waals surface area contributed by atoms with Gasteiger partial charge in [0.2, 0.25) is 5.89 Å². The lowest BCUT2D eigenvalue weighted by atomic mass is 10.0. The number of likely N-dealkylation sites (tertiary alicyclic amines) is 1. The molecule has 1 unspecified atom stereocenters. The first-order valence-corrected chi connectivity index (χ1v) is 7.42. The van der Waals surface area contributed by atoms with E-state index in [1.807, 2.05) is 0 Å². The van der Waals surface area contributed by atoms with E-state index in [9.17, 15) is 23.5 Å². The smallest absolute Gasteiger partial charge is 0.326 e. The van der Waals surface area contributed by atoms with Gasteiger partial charge in [-0.2, -0.15) is 0 Å². The second-order valence-corrected chi connectivity index (χ2v) is 5.48. The number of aromatic nitrogens is 1. The predicted octanol–water partition coefficient (Wildman–Crippen LogP) is 2.70. The van der Waals surface area contributed by atoms with Gasteiger partial charge in [0.15, 0.2) is 5.69 Å². The SMILES string of the molecule is O=C(O)C1CCCCN1C(=O)c1coc(-c2c(F)cccc2F)n1. The lowest BCUT2D eigenvalue weighted by Crippen LogP contribution is -2.48. The van der Waals surface area contributed by atoms with Gasteiger partial charge in [0.25, 0.3) is 5.91 Å². The van der Waals surface area contributed by atoms with E-state index < -0.39 is 35.1 Å². The molecule has 1 aliphatic heterocycles. The van der Waals surface area contributed by atoms with Crippen LogP contribution in [-0.2, 0) is 4.79 Å². The van der Waals surface area contributed by atoms with Crippen molar-refractivity contribution in [3.05, 3.63) is 41.8 Å². The monoisotopic (exact) mass is 336 g/mol. The topological polar surface area (TPSA) is 83.6 Å². The number of oxazole rings is 1. The van der Waals surface area contributed by atoms with Crippen LogP contribution in [0.5, 0.6) is 0 Å². The fourth-order valence-corrected chi connectivity index (χ4v) is 2.77. The molecule has 1 aromatic carbocycles. The van der Waals surface area contributed by atoms with Gasteiger partial charge < -0.3 is 14.4 Å². The van der Waals surface area contributed by atoms with Crippen molar-refractivity contribution >= 4 is 11.9 Å². The van der Waals surface area contributed by atoms with Crippen LogP contribution in [0.4, 0.5) is 8.78 Å². The average molecular weight is 336 g/mol. The van der Waals surface area contributed by atoms with Gasteiger partial charge in [-0.15, -0.1) is 0 Å². The van der Waals surface area contributed by atoms with Crippen molar-refractivity contribution < 1.29 is 27.9 Å². The zero-order chi connectivity index (χ0) is 17.3. The summed E-state index contributed by atoms with van der Waals surface area (Å²) in [6.07, 6.45) is 2.73. The van der Waals surface area contributed by atoms with Crippen molar-refractivity contribution in [3.8, 4) is 11.5 Å². The van der Waals surface area contributed by atoms with Crippen LogP contribution in [0, 0.1) is 11.6 Å². The number of piperidine rings is 1. The van der Waals surface area contributed by atoms with Gasteiger partial charge in [-0.05, 0) is 31.4 Å². The molecule has 1 aromatic heterocycles. The van der Waals surface area contributed by atoms with Crippen LogP contribution in [0.3, 0.4) is 0 Å². The zero-order valence-corrected chi connectivity index (χ0v) is 12.5. The standard InChI is InChI=1S/C16H14F2N2O4/c17-9-4-3-5-10(18)13(9)14-19-11(8-24-14)15(21)20-7-2-1-6-12(20)16(22)23/h3-5,8,12H,1-2,6-7H2,(H,22,23). The highest BCUT2D eigenvalue weighted by Crippen LogP contribution is 2.26. The van der Waals surface area contributed by atoms with Gasteiger partial charge >= 0.3 is 5.97 Å². The van der Waals surface area contributed by atoms with E-state index in [0.717, 1.165) is 18.4 Å². The molecule has 1 amide bonds. The van der Waals surface area contributed by atoms with Crippen LogP contribution in [0.25, 0.3) is 11.5 Å². The number of hydrogen-bond acceptors (Lipinski definition) is 4. The highest BCUT2D eigenvalue weighted by molar-refractivity contribution is 5.95. The van der Waals surface area contributed by atoms with Gasteiger partial charge in [-0.25, -0.2) is 18.6 Å². The highest BCUT2D eigenvalue weighted by Gasteiger charge is 2.34. The molecule has 2 heterocycles. The first kappa shape index (κ1) is 16.1. The molecule has 1 fully saturated rings. The minimum absolute atomic E-state index is 0.180. The predicted molar refractivity (Wildman–Crippen MR) is 78.2 cm³/mol. The summed E-state index contributed by atoms with van der Waals surface area (Å²) in [5, 5.41) is 9.22. The number of carbonyl (C=O) groups excluding carboxylic acids is 1. The second kappa shape index (κ2) is 6.38. The highest BCUT2D eigenvalue weighted by atomic mass is 19.1. The summed E-state index contributed by atoms with van der Waals surface area (Å²) in [6.45, 7) is 0.284. The Kier molecular flexibility index (Phi) is 4.28. The number of halogens is 2. The lowest BCUT2D eigenvalue weighted by Gasteiger charge is -2.32. The molecule has 0 saturated carbocycles. The maximum Gasteiger partial charge on any atom is 0.326 e. The van der Waals surface area contributed by atoms with E-state index >= 15 is 0 Å². The molecule has 0 spiro atoms. The number of carbonyl (C=O) groups is 2. The van der Waals surface area contributed by atoms with Crippen LogP contribution in [-0.4, -0.2) is 39.5 Å². The summed E-state index contributed by atoms with van der Waals surface area (Å²) in [5.74, 6) is -3.81. The fourth-order valence-electron chi connectivity index (χ4n) is 2.77. The Morgan fingerprint density at radius 2 is 1.96 bits per heavy atom. The third-order valence-corrected chi connectivity index (χ3v) is 3.95. The van der Waals surface area contributed by atoms with Gasteiger partial charge in [0.05, 0.1) is 0 Å². The molecule has 2 aromatic rings. The van der Waals surface area contributed by atoms with Crippen molar-refractivity contribution in [3.63, 3.8) is 0 Å². The Morgan fingerprint density at radius 3 is 2.62 bits per heavy atom. The number of rotatable bonds is 3. The van der Waals surface area contributed by atoms with Gasteiger partial charge in [0.1, 0.15) is 29.5 Å². The summed E-state index contributed by atoms with van der Waals surface area (Å²) in [4.78, 5) is 28.8. The number of benzene rings is 1. The molecule has 3 rings (SSSR count). The fraction of sp³-hybridized carbons (Fsp3) is 0.312. The molecule has 0 aliphatic carbocycles. The van der Waals surface area contributed by atoms with E-state index in [1.54, 1.807) is 0 Å². The Labute approximate surface area is 135 Å². The quantitative estimate of drug-likeness (QED) is 0.932. The van der Waals surface area contributed by atoms with E-state index in [-0.39, 0.29) is 18.1 Å². The van der Waals surface area contributed by atoms with E-state index in [1.165, 1.54) is 11.0 Å². The first-order chi connectivity index (χ1) is 11.5. The van der Waals surface area contributed by atoms with Crippen LogP contribution in [0.15, 0.2) is 28.9 Å². The molecule has 1 N–H and O–H groups in total. The van der Waals surface area contributed by atoms with Crippen molar-refractivity contribution in [2.75, 3.05) is 6.54 Å². The van der Waals surface area contributed by atoms with Crippen LogP contribution in [0.1, 0.15) is 29.8 Å². The molecule has 6 nitrogen and oxygen atoms in total. The number of nitrogens with zero attached hydrogens (tertiary/aromatic N) is 2. The van der Waals surface area contributed by atoms with Crippen LogP contribution < -0.4 is 0 Å². The molecule has 0 radical (unpaired) electrons. The Bertz CT molecular complexity index is 770. The van der Waals surface area contributed by atoms with Crippen LogP contribution in [0.2, 0.25) is 0 Å². The van der Waals surface area contributed by atoms with E-state index in [0.29, 0.717) is 19.3 Å². The number of carboxylic acid groups (broad SMARTS) is 1. The minimum Gasteiger partial charge on any atom is -0.480 e. The number of hydrogen-bond donors (Lipinski definition) is 1. The number of carboxylic acids is 1. The molecule has 1 aliphatic rings. The van der Waals surface area contributed by atoms with Crippen LogP contribution >= 0.6 is 0 Å². The van der Waals surface area contributed by atoms with Gasteiger partial charge in [0, 0.05) is 6.54 Å². The molecule has 1 saturated heterocycles. The van der Waals surface area contributed by atoms with E-state index in [2.05, 4.69) is 4.98 Å². The Hall–Kier alpha value is -2.77. The van der Waals surface area contributed by atoms with E-state index in [4.69, 9.17) is 4.42 Å². The normalized spacial score (nSPS) is 17.8. The third-order valence-electron chi connectivity index (χ3n) is 3.95. The number of amides is 1. The summed E-state index contributed by atoms with van der Waals surface area (Å²) in [7, 11) is 0. The van der Waals surface area contributed by atoms with Crippen molar-refractivity contribution in [2.45, 2.75) is 25.3 Å². The Balaban J connectivity index is 1.90. The molecule has 1 atom stereocenters. The molecule has 8 heteroatoms. The lowest BCUT2D eigenvalue weighted by molar-refractivity contribution is -0.143. The minimum atomic E-state index is -1.09. The summed E-state index contributed by atoms with van der Waals surface area (Å²) >= 11 is 0. The molecule has 126 valence electrons. The average Bonchev–Trinajstić information content (AvgIpc) is 3.03. The zero-order valence-electron chi connectivity index (χ0n) is 12.5. The summed E-state index contributed by atoms with van der Waals surface area (Å²) < 4.78 is 32.5.